The zero-order valence-electron chi connectivity index (χ0n) is 13.2. The molecule has 6 nitrogen and oxygen atoms in total. The summed E-state index contributed by atoms with van der Waals surface area (Å²) in [4.78, 5) is 7.85. The molecule has 0 atom stereocenters. The maximum Gasteiger partial charge on any atom is 0.192 e. The van der Waals surface area contributed by atoms with E-state index in [1.807, 2.05) is 25.9 Å². The van der Waals surface area contributed by atoms with Gasteiger partial charge in [-0.25, -0.2) is 4.39 Å². The van der Waals surface area contributed by atoms with Crippen molar-refractivity contribution in [3.63, 3.8) is 0 Å². The number of nitrogens with one attached hydrogen (secondary N) is 1. The molecule has 5 N–H and O–H groups in total. The highest BCUT2D eigenvalue weighted by molar-refractivity contribution is 5.93. The number of likely N-dealkylation sites (N-methyl/N-ethyl adjacent to an activating group) is 2. The summed E-state index contributed by atoms with van der Waals surface area (Å²) in [5.41, 5.74) is 13.0. The van der Waals surface area contributed by atoms with Crippen LogP contribution in [0.4, 0.5) is 21.5 Å². The molecular weight excluding hydrogens is 271 g/mol. The lowest BCUT2D eigenvalue weighted by molar-refractivity contribution is 0.414. The first kappa shape index (κ1) is 17.0. The Morgan fingerprint density at radius 1 is 1.33 bits per heavy atom. The third kappa shape index (κ3) is 4.78. The van der Waals surface area contributed by atoms with Crippen molar-refractivity contribution in [1.29, 1.82) is 0 Å². The van der Waals surface area contributed by atoms with Crippen LogP contribution in [-0.4, -0.2) is 51.6 Å². The molecule has 0 radical (unpaired) electrons. The van der Waals surface area contributed by atoms with Gasteiger partial charge in [0.2, 0.25) is 0 Å². The molecule has 0 aliphatic rings. The third-order valence-electron chi connectivity index (χ3n) is 3.16. The number of halogens is 1. The van der Waals surface area contributed by atoms with E-state index in [0.717, 1.165) is 19.6 Å². The van der Waals surface area contributed by atoms with Crippen LogP contribution in [0, 0.1) is 5.82 Å². The molecule has 0 spiro atoms. The molecule has 118 valence electrons. The molecule has 1 rings (SSSR count). The maximum atomic E-state index is 14.2. The molecule has 7 heteroatoms. The highest BCUT2D eigenvalue weighted by Gasteiger charge is 2.13. The summed E-state index contributed by atoms with van der Waals surface area (Å²) in [5.74, 6) is -0.268. The Hall–Kier alpha value is -2.02. The Morgan fingerprint density at radius 2 is 2.00 bits per heavy atom. The monoisotopic (exact) mass is 296 g/mol. The number of benzene rings is 1. The van der Waals surface area contributed by atoms with Crippen molar-refractivity contribution in [2.75, 3.05) is 56.7 Å². The first-order valence-electron chi connectivity index (χ1n) is 6.87. The molecule has 0 saturated carbocycles. The van der Waals surface area contributed by atoms with Crippen LogP contribution in [-0.2, 0) is 0 Å². The Morgan fingerprint density at radius 3 is 2.52 bits per heavy atom. The van der Waals surface area contributed by atoms with Gasteiger partial charge in [-0.05, 0) is 27.1 Å². The maximum absolute atomic E-state index is 14.2. The van der Waals surface area contributed by atoms with E-state index in [0.29, 0.717) is 11.4 Å². The van der Waals surface area contributed by atoms with Crippen LogP contribution in [0.25, 0.3) is 0 Å². The summed E-state index contributed by atoms with van der Waals surface area (Å²) in [5, 5.41) is 2.68. The number of nitrogens with two attached hydrogens (primary N) is 2. The van der Waals surface area contributed by atoms with Crippen LogP contribution in [0.1, 0.15) is 6.92 Å². The molecule has 0 aliphatic heterocycles. The summed E-state index contributed by atoms with van der Waals surface area (Å²) in [6, 6.07) is 2.97. The van der Waals surface area contributed by atoms with Gasteiger partial charge in [-0.15, -0.1) is 0 Å². The van der Waals surface area contributed by atoms with Gasteiger partial charge in [0.25, 0.3) is 0 Å². The van der Waals surface area contributed by atoms with Gasteiger partial charge >= 0.3 is 0 Å². The Bertz CT molecular complexity index is 500. The van der Waals surface area contributed by atoms with Crippen LogP contribution >= 0.6 is 0 Å². The number of hydrogen-bond acceptors (Lipinski definition) is 4. The van der Waals surface area contributed by atoms with Crippen molar-refractivity contribution in [3.05, 3.63) is 17.9 Å². The van der Waals surface area contributed by atoms with Gasteiger partial charge in [-0.2, -0.15) is 0 Å². The molecule has 0 bridgehead atoms. The number of rotatable bonds is 6. The number of anilines is 3. The van der Waals surface area contributed by atoms with Crippen molar-refractivity contribution in [2.45, 2.75) is 6.92 Å². The minimum absolute atomic E-state index is 0.140. The van der Waals surface area contributed by atoms with Crippen molar-refractivity contribution in [3.8, 4) is 0 Å². The van der Waals surface area contributed by atoms with E-state index in [1.54, 1.807) is 6.07 Å². The summed E-state index contributed by atoms with van der Waals surface area (Å²) in [7, 11) is 5.52. The van der Waals surface area contributed by atoms with Gasteiger partial charge in [-0.3, -0.25) is 4.99 Å². The first-order valence-corrected chi connectivity index (χ1v) is 6.87. The normalized spacial score (nSPS) is 11.8. The number of hydrogen-bond donors (Lipinski definition) is 3. The minimum Gasteiger partial charge on any atom is -0.397 e. The van der Waals surface area contributed by atoms with Crippen molar-refractivity contribution in [1.82, 2.24) is 4.90 Å². The van der Waals surface area contributed by atoms with E-state index in [4.69, 9.17) is 11.5 Å². The molecule has 0 aliphatic carbocycles. The molecule has 0 unspecified atom stereocenters. The van der Waals surface area contributed by atoms with E-state index in [2.05, 4.69) is 15.2 Å². The second-order valence-corrected chi connectivity index (χ2v) is 5.01. The van der Waals surface area contributed by atoms with Crippen molar-refractivity contribution >= 4 is 23.0 Å². The van der Waals surface area contributed by atoms with Crippen LogP contribution in [0.5, 0.6) is 0 Å². The standard InChI is InChI=1S/C14H25FN6/c1-5-21(7-6-20(3)4)13-8-10(15)12(9-11(13)16)19-14(17)18-2/h8-9H,5-7,16H2,1-4H3,(H3,17,18,19). The van der Waals surface area contributed by atoms with E-state index >= 15 is 0 Å². The fourth-order valence-electron chi connectivity index (χ4n) is 1.91. The molecular formula is C14H25FN6. The van der Waals surface area contributed by atoms with Gasteiger partial charge in [0, 0.05) is 32.7 Å². The zero-order chi connectivity index (χ0) is 16.0. The summed E-state index contributed by atoms with van der Waals surface area (Å²) in [6.07, 6.45) is 0. The largest absolute Gasteiger partial charge is 0.397 e. The smallest absolute Gasteiger partial charge is 0.192 e. The number of nitrogen functional groups attached to an aromatic ring is 1. The molecule has 1 aromatic carbocycles. The lowest BCUT2D eigenvalue weighted by atomic mass is 10.2. The van der Waals surface area contributed by atoms with Gasteiger partial charge in [-0.1, -0.05) is 0 Å². The van der Waals surface area contributed by atoms with Crippen LogP contribution in [0.3, 0.4) is 0 Å². The summed E-state index contributed by atoms with van der Waals surface area (Å²) >= 11 is 0. The zero-order valence-corrected chi connectivity index (χ0v) is 13.2. The van der Waals surface area contributed by atoms with Crippen LogP contribution in [0.15, 0.2) is 17.1 Å². The van der Waals surface area contributed by atoms with E-state index in [1.165, 1.54) is 13.1 Å². The molecule has 21 heavy (non-hydrogen) atoms. The Balaban J connectivity index is 3.00. The van der Waals surface area contributed by atoms with Crippen LogP contribution in [0.2, 0.25) is 0 Å². The fraction of sp³-hybridized carbons (Fsp3) is 0.500. The Labute approximate surface area is 125 Å². The predicted molar refractivity (Wildman–Crippen MR) is 88.4 cm³/mol. The van der Waals surface area contributed by atoms with E-state index < -0.39 is 5.82 Å². The van der Waals surface area contributed by atoms with Gasteiger partial charge < -0.3 is 26.6 Å². The number of aliphatic imine (C=N–C) groups is 1. The van der Waals surface area contributed by atoms with Gasteiger partial charge in [0.1, 0.15) is 5.82 Å². The predicted octanol–water partition coefficient (Wildman–Crippen LogP) is 1.15. The highest BCUT2D eigenvalue weighted by Crippen LogP contribution is 2.29. The second-order valence-electron chi connectivity index (χ2n) is 5.01. The fourth-order valence-corrected chi connectivity index (χ4v) is 1.91. The van der Waals surface area contributed by atoms with Gasteiger partial charge in [0.15, 0.2) is 5.96 Å². The highest BCUT2D eigenvalue weighted by atomic mass is 19.1. The van der Waals surface area contributed by atoms with Crippen molar-refractivity contribution in [2.24, 2.45) is 10.7 Å². The SMILES string of the molecule is CCN(CCN(C)C)c1cc(F)c(NC(N)=NC)cc1N. The topological polar surface area (TPSA) is 82.9 Å². The number of guanidine groups is 1. The second kappa shape index (κ2) is 7.68. The first-order chi connectivity index (χ1) is 9.88. The van der Waals surface area contributed by atoms with Gasteiger partial charge in [0.05, 0.1) is 17.1 Å². The Kier molecular flexibility index (Phi) is 6.23. The summed E-state index contributed by atoms with van der Waals surface area (Å²) in [6.45, 7) is 4.41. The van der Waals surface area contributed by atoms with Crippen LogP contribution < -0.4 is 21.7 Å². The molecule has 0 heterocycles. The molecule has 0 aromatic heterocycles. The third-order valence-corrected chi connectivity index (χ3v) is 3.16. The quantitative estimate of drug-likeness (QED) is 0.417. The average Bonchev–Trinajstić information content (AvgIpc) is 2.43. The van der Waals surface area contributed by atoms with E-state index in [-0.39, 0.29) is 11.6 Å². The number of nitrogens with zero attached hydrogens (tertiary/aromatic N) is 3. The minimum atomic E-state index is -0.408. The molecule has 1 aromatic rings. The molecule has 0 amide bonds. The molecule has 0 saturated heterocycles. The summed E-state index contributed by atoms with van der Waals surface area (Å²) < 4.78 is 14.2. The average molecular weight is 296 g/mol. The lowest BCUT2D eigenvalue weighted by Crippen LogP contribution is -2.32. The molecule has 0 fully saturated rings. The van der Waals surface area contributed by atoms with E-state index in [9.17, 15) is 4.39 Å². The lowest BCUT2D eigenvalue weighted by Gasteiger charge is -2.26. The van der Waals surface area contributed by atoms with Crippen molar-refractivity contribution < 1.29 is 4.39 Å².